The largest absolute Gasteiger partial charge is 0.516 e. The summed E-state index contributed by atoms with van der Waals surface area (Å²) >= 11 is 0. The van der Waals surface area contributed by atoms with Crippen LogP contribution in [0.25, 0.3) is 0 Å². The van der Waals surface area contributed by atoms with Gasteiger partial charge in [-0.25, -0.2) is 14.4 Å². The Morgan fingerprint density at radius 3 is 1.62 bits per heavy atom. The van der Waals surface area contributed by atoms with Gasteiger partial charge in [0.15, 0.2) is 6.61 Å². The van der Waals surface area contributed by atoms with Gasteiger partial charge in [-0.15, -0.1) is 0 Å². The van der Waals surface area contributed by atoms with Gasteiger partial charge in [-0.2, -0.15) is 26.3 Å². The van der Waals surface area contributed by atoms with E-state index < -0.39 is 54.9 Å². The molecule has 0 spiro atoms. The molecule has 4 atom stereocenters. The lowest BCUT2D eigenvalue weighted by molar-refractivity contribution is -0.288. The molecule has 0 aromatic rings. The van der Waals surface area contributed by atoms with Crippen LogP contribution in [0.1, 0.15) is 33.6 Å². The SMILES string of the molecule is CC1(F)COC(=O)O1.CCC1(F)OC(=O)OC1(F)F.CCC1(F)OC(=O)OC1F. The molecule has 3 fully saturated rings. The van der Waals surface area contributed by atoms with Crippen molar-refractivity contribution in [3.05, 3.63) is 0 Å². The van der Waals surface area contributed by atoms with Gasteiger partial charge in [0.2, 0.25) is 0 Å². The fraction of sp³-hybridized carbons (Fsp3) is 0.786. The van der Waals surface area contributed by atoms with E-state index in [0.29, 0.717) is 0 Å². The summed E-state index contributed by atoms with van der Waals surface area (Å²) in [5.74, 6) is -7.78. The van der Waals surface area contributed by atoms with E-state index in [0.717, 1.165) is 13.8 Å². The van der Waals surface area contributed by atoms with E-state index in [2.05, 4.69) is 28.4 Å². The Morgan fingerprint density at radius 1 is 0.862 bits per heavy atom. The molecule has 3 aliphatic rings. The second-order valence-corrected chi connectivity index (χ2v) is 5.72. The van der Waals surface area contributed by atoms with Crippen LogP contribution in [0.4, 0.5) is 40.7 Å². The summed E-state index contributed by atoms with van der Waals surface area (Å²) in [6.45, 7) is 3.31. The summed E-state index contributed by atoms with van der Waals surface area (Å²) in [7, 11) is 0. The molecule has 3 saturated heterocycles. The zero-order valence-electron chi connectivity index (χ0n) is 15.1. The van der Waals surface area contributed by atoms with E-state index in [1.807, 2.05) is 0 Å². The first kappa shape index (κ1) is 24.4. The monoisotopic (exact) mass is 442 g/mol. The molecule has 3 heterocycles. The first-order valence-corrected chi connectivity index (χ1v) is 7.85. The lowest BCUT2D eigenvalue weighted by Crippen LogP contribution is -2.40. The molecule has 0 bridgehead atoms. The van der Waals surface area contributed by atoms with Gasteiger partial charge >= 0.3 is 42.6 Å². The molecule has 9 nitrogen and oxygen atoms in total. The topological polar surface area (TPSA) is 107 Å². The Hall–Kier alpha value is -2.61. The van der Waals surface area contributed by atoms with E-state index in [1.54, 1.807) is 0 Å². The highest BCUT2D eigenvalue weighted by molar-refractivity contribution is 5.63. The van der Waals surface area contributed by atoms with Crippen LogP contribution < -0.4 is 0 Å². The first-order valence-electron chi connectivity index (χ1n) is 7.85. The third-order valence-corrected chi connectivity index (χ3v) is 3.36. The summed E-state index contributed by atoms with van der Waals surface area (Å²) in [5.41, 5.74) is 0. The third kappa shape index (κ3) is 5.93. The fourth-order valence-electron chi connectivity index (χ4n) is 1.71. The third-order valence-electron chi connectivity index (χ3n) is 3.36. The number of hydrogen-bond donors (Lipinski definition) is 0. The number of hydrogen-bond acceptors (Lipinski definition) is 9. The van der Waals surface area contributed by atoms with Crippen LogP contribution in [0, 0.1) is 0 Å². The number of carbonyl (C=O) groups excluding carboxylic acids is 3. The normalized spacial score (nSPS) is 36.7. The minimum absolute atomic E-state index is 0.250. The number of halogens is 6. The minimum atomic E-state index is -4.17. The number of ether oxygens (including phenoxy) is 6. The Morgan fingerprint density at radius 2 is 1.45 bits per heavy atom. The van der Waals surface area contributed by atoms with Crippen LogP contribution in [0.3, 0.4) is 0 Å². The molecule has 4 unspecified atom stereocenters. The molecule has 0 saturated carbocycles. The van der Waals surface area contributed by atoms with Crippen LogP contribution in [0.2, 0.25) is 0 Å². The number of rotatable bonds is 2. The Balaban J connectivity index is 0.000000220. The zero-order valence-corrected chi connectivity index (χ0v) is 15.1. The van der Waals surface area contributed by atoms with E-state index in [9.17, 15) is 40.7 Å². The molecule has 0 aromatic heterocycles. The molecule has 0 aliphatic carbocycles. The van der Waals surface area contributed by atoms with Crippen LogP contribution in [-0.2, 0) is 28.4 Å². The van der Waals surface area contributed by atoms with Crippen LogP contribution in [-0.4, -0.2) is 55.1 Å². The highest BCUT2D eigenvalue weighted by Crippen LogP contribution is 2.43. The van der Waals surface area contributed by atoms with Gasteiger partial charge in [0, 0.05) is 19.8 Å². The summed E-state index contributed by atoms with van der Waals surface area (Å²) in [5, 5.41) is 0. The smallest absolute Gasteiger partial charge is 0.427 e. The molecule has 0 radical (unpaired) electrons. The summed E-state index contributed by atoms with van der Waals surface area (Å²) in [4.78, 5) is 30.1. The summed E-state index contributed by atoms with van der Waals surface area (Å²) < 4.78 is 97.4. The Kier molecular flexibility index (Phi) is 7.08. The minimum Gasteiger partial charge on any atom is -0.427 e. The van der Waals surface area contributed by atoms with Gasteiger partial charge in [0.25, 0.3) is 5.85 Å². The maximum atomic E-state index is 12.8. The molecular weight excluding hydrogens is 426 g/mol. The van der Waals surface area contributed by atoms with Gasteiger partial charge in [-0.1, -0.05) is 13.8 Å². The van der Waals surface area contributed by atoms with Crippen molar-refractivity contribution in [2.24, 2.45) is 0 Å². The number of carbonyl (C=O) groups is 3. The van der Waals surface area contributed by atoms with E-state index in [-0.39, 0.29) is 13.0 Å². The lowest BCUT2D eigenvalue weighted by atomic mass is 10.2. The van der Waals surface area contributed by atoms with Crippen molar-refractivity contribution in [3.63, 3.8) is 0 Å². The molecule has 3 aliphatic heterocycles. The average Bonchev–Trinajstić information content (AvgIpc) is 3.12. The zero-order chi connectivity index (χ0) is 22.7. The van der Waals surface area contributed by atoms with E-state index >= 15 is 0 Å². The van der Waals surface area contributed by atoms with Crippen molar-refractivity contribution in [1.82, 2.24) is 0 Å². The highest BCUT2D eigenvalue weighted by Gasteiger charge is 2.67. The molecule has 29 heavy (non-hydrogen) atoms. The number of cyclic esters (lactones) is 6. The van der Waals surface area contributed by atoms with Crippen molar-refractivity contribution < 1.29 is 69.1 Å². The predicted octanol–water partition coefficient (Wildman–Crippen LogP) is 4.19. The van der Waals surface area contributed by atoms with Crippen LogP contribution in [0.15, 0.2) is 0 Å². The van der Waals surface area contributed by atoms with Crippen LogP contribution >= 0.6 is 0 Å². The number of alkyl halides is 6. The standard InChI is InChI=1S/C5H5F3O3.C5H6F2O3.C4H5FO3/c1-2-4(6)5(7,8)11-3(9)10-4;1-2-5(7)3(6)9-4(8)10-5;1-4(5)2-7-3(6)8-4/h2H2,1H3;3H,2H2,1H3;2H2,1H3. The molecule has 3 rings (SSSR count). The van der Waals surface area contributed by atoms with Crippen LogP contribution in [0.5, 0.6) is 0 Å². The van der Waals surface area contributed by atoms with E-state index in [4.69, 9.17) is 0 Å². The second-order valence-electron chi connectivity index (χ2n) is 5.72. The maximum Gasteiger partial charge on any atom is 0.516 e. The fourth-order valence-corrected chi connectivity index (χ4v) is 1.71. The predicted molar refractivity (Wildman–Crippen MR) is 75.2 cm³/mol. The van der Waals surface area contributed by atoms with Gasteiger partial charge in [0.1, 0.15) is 0 Å². The highest BCUT2D eigenvalue weighted by atomic mass is 19.3. The van der Waals surface area contributed by atoms with Crippen molar-refractivity contribution >= 4 is 18.5 Å². The van der Waals surface area contributed by atoms with Crippen molar-refractivity contribution in [2.75, 3.05) is 6.61 Å². The maximum absolute atomic E-state index is 12.8. The molecule has 15 heteroatoms. The summed E-state index contributed by atoms with van der Waals surface area (Å²) in [6, 6.07) is 0. The van der Waals surface area contributed by atoms with E-state index in [1.165, 1.54) is 6.92 Å². The molecule has 168 valence electrons. The molecule has 0 amide bonds. The lowest BCUT2D eigenvalue weighted by Gasteiger charge is -2.18. The first-order chi connectivity index (χ1) is 13.1. The summed E-state index contributed by atoms with van der Waals surface area (Å²) in [6.07, 6.45) is -11.3. The van der Waals surface area contributed by atoms with Gasteiger partial charge in [0.05, 0.1) is 0 Å². The van der Waals surface area contributed by atoms with Gasteiger partial charge in [-0.3, -0.25) is 0 Å². The quantitative estimate of drug-likeness (QED) is 0.354. The second kappa shape index (κ2) is 8.41. The van der Waals surface area contributed by atoms with Crippen molar-refractivity contribution in [3.8, 4) is 0 Å². The Labute approximate surface area is 159 Å². The van der Waals surface area contributed by atoms with Crippen molar-refractivity contribution in [2.45, 2.75) is 63.6 Å². The van der Waals surface area contributed by atoms with Gasteiger partial charge < -0.3 is 28.4 Å². The van der Waals surface area contributed by atoms with Crippen molar-refractivity contribution in [1.29, 1.82) is 0 Å². The molecule has 0 N–H and O–H groups in total. The van der Waals surface area contributed by atoms with Gasteiger partial charge in [-0.05, 0) is 0 Å². The molecular formula is C14H16F6O9. The average molecular weight is 442 g/mol. The Bertz CT molecular complexity index is 645. The molecule has 0 aromatic carbocycles.